The van der Waals surface area contributed by atoms with Gasteiger partial charge in [0, 0.05) is 18.3 Å². The minimum Gasteiger partial charge on any atom is -0.612 e. The summed E-state index contributed by atoms with van der Waals surface area (Å²) in [4.78, 5) is 8.14. The molecule has 1 atom stereocenters. The topological polar surface area (TPSA) is 39.2 Å². The Labute approximate surface area is 173 Å². The molecule has 0 amide bonds. The molecule has 4 heteroatoms. The number of nitrogens with zero attached hydrogens (tertiary/aromatic N) is 2. The Balaban J connectivity index is 1.47. The molecule has 2 heterocycles. The molecular formula is C24H34N2OS. The van der Waals surface area contributed by atoms with Gasteiger partial charge in [-0.05, 0) is 97.2 Å². The van der Waals surface area contributed by atoms with E-state index in [1.807, 2.05) is 30.5 Å². The number of pyridine rings is 1. The first-order valence-electron chi connectivity index (χ1n) is 10.4. The Bertz CT molecular complexity index is 727. The van der Waals surface area contributed by atoms with Gasteiger partial charge in [0.2, 0.25) is 0 Å². The van der Waals surface area contributed by atoms with E-state index in [4.69, 9.17) is 0 Å². The van der Waals surface area contributed by atoms with Crippen molar-refractivity contribution in [2.45, 2.75) is 51.3 Å². The molecule has 1 aromatic carbocycles. The Hall–Kier alpha value is -1.36. The maximum Gasteiger partial charge on any atom is 0.152 e. The van der Waals surface area contributed by atoms with Gasteiger partial charge < -0.3 is 9.45 Å². The van der Waals surface area contributed by atoms with Crippen LogP contribution in [0.4, 0.5) is 0 Å². The molecule has 0 radical (unpaired) electrons. The zero-order valence-corrected chi connectivity index (χ0v) is 18.6. The van der Waals surface area contributed by atoms with Gasteiger partial charge in [-0.25, -0.2) is 0 Å². The number of hydrogen-bond acceptors (Lipinski definition) is 3. The summed E-state index contributed by atoms with van der Waals surface area (Å²) in [7, 11) is 0. The first kappa shape index (κ1) is 21.4. The van der Waals surface area contributed by atoms with Crippen molar-refractivity contribution in [1.82, 2.24) is 9.88 Å². The molecule has 1 unspecified atom stereocenters. The first-order chi connectivity index (χ1) is 13.3. The summed E-state index contributed by atoms with van der Waals surface area (Å²) in [6.07, 6.45) is 8.76. The number of piperidine rings is 1. The van der Waals surface area contributed by atoms with Gasteiger partial charge in [-0.1, -0.05) is 26.8 Å². The van der Waals surface area contributed by atoms with Gasteiger partial charge in [0.1, 0.15) is 6.26 Å². The maximum absolute atomic E-state index is 11.5. The fraction of sp³-hybridized carbons (Fsp3) is 0.542. The van der Waals surface area contributed by atoms with Crippen molar-refractivity contribution in [3.63, 3.8) is 0 Å². The smallest absolute Gasteiger partial charge is 0.152 e. The van der Waals surface area contributed by atoms with E-state index in [9.17, 15) is 4.55 Å². The summed E-state index contributed by atoms with van der Waals surface area (Å²) in [6.45, 7) is 10.7. The maximum atomic E-state index is 11.5. The highest BCUT2D eigenvalue weighted by atomic mass is 32.2. The SMILES string of the molecule is C[S+]([O-])c1ccc(-c2ccc(CCC3CCN(CC(C)(C)C)CC3)cn2)cc1. The Morgan fingerprint density at radius 3 is 2.29 bits per heavy atom. The lowest BCUT2D eigenvalue weighted by Gasteiger charge is -2.36. The molecule has 2 aromatic rings. The van der Waals surface area contributed by atoms with Crippen molar-refractivity contribution >= 4 is 11.2 Å². The molecule has 1 aliphatic rings. The van der Waals surface area contributed by atoms with Crippen LogP contribution in [0.3, 0.4) is 0 Å². The molecule has 1 saturated heterocycles. The van der Waals surface area contributed by atoms with Gasteiger partial charge in [0.15, 0.2) is 4.90 Å². The summed E-state index contributed by atoms with van der Waals surface area (Å²) in [5, 5.41) is 0. The van der Waals surface area contributed by atoms with E-state index < -0.39 is 11.2 Å². The van der Waals surface area contributed by atoms with E-state index in [2.05, 4.69) is 42.8 Å². The largest absolute Gasteiger partial charge is 0.612 e. The minimum absolute atomic E-state index is 0.397. The highest BCUT2D eigenvalue weighted by Gasteiger charge is 2.22. The van der Waals surface area contributed by atoms with Gasteiger partial charge in [0.25, 0.3) is 0 Å². The summed E-state index contributed by atoms with van der Waals surface area (Å²) < 4.78 is 11.5. The summed E-state index contributed by atoms with van der Waals surface area (Å²) >= 11 is -0.934. The van der Waals surface area contributed by atoms with E-state index in [0.29, 0.717) is 5.41 Å². The van der Waals surface area contributed by atoms with Crippen LogP contribution in [0.5, 0.6) is 0 Å². The van der Waals surface area contributed by atoms with Gasteiger partial charge in [-0.2, -0.15) is 0 Å². The average Bonchev–Trinajstić information content (AvgIpc) is 2.67. The van der Waals surface area contributed by atoms with Crippen LogP contribution in [0.25, 0.3) is 11.3 Å². The summed E-state index contributed by atoms with van der Waals surface area (Å²) in [5.74, 6) is 0.846. The molecule has 0 spiro atoms. The lowest BCUT2D eigenvalue weighted by Crippen LogP contribution is -2.39. The zero-order valence-electron chi connectivity index (χ0n) is 17.8. The molecule has 0 bridgehead atoms. The number of aryl methyl sites for hydroxylation is 1. The number of rotatable bonds is 6. The first-order valence-corrected chi connectivity index (χ1v) is 12.0. The molecule has 3 rings (SSSR count). The molecule has 1 fully saturated rings. The van der Waals surface area contributed by atoms with Crippen LogP contribution in [0, 0.1) is 11.3 Å². The average molecular weight is 399 g/mol. The molecule has 152 valence electrons. The van der Waals surface area contributed by atoms with Gasteiger partial charge in [0.05, 0.1) is 5.69 Å². The predicted octanol–water partition coefficient (Wildman–Crippen LogP) is 5.18. The summed E-state index contributed by atoms with van der Waals surface area (Å²) in [6, 6.07) is 12.2. The van der Waals surface area contributed by atoms with Crippen LogP contribution < -0.4 is 0 Å². The second-order valence-electron chi connectivity index (χ2n) is 9.35. The Morgan fingerprint density at radius 2 is 1.75 bits per heavy atom. The van der Waals surface area contributed by atoms with Crippen molar-refractivity contribution in [3.05, 3.63) is 48.2 Å². The minimum atomic E-state index is -0.934. The molecule has 1 aromatic heterocycles. The third-order valence-electron chi connectivity index (χ3n) is 5.55. The van der Waals surface area contributed by atoms with Crippen molar-refractivity contribution in [2.24, 2.45) is 11.3 Å². The van der Waals surface area contributed by atoms with Crippen molar-refractivity contribution in [3.8, 4) is 11.3 Å². The lowest BCUT2D eigenvalue weighted by atomic mass is 9.89. The number of benzene rings is 1. The van der Waals surface area contributed by atoms with Crippen molar-refractivity contribution in [1.29, 1.82) is 0 Å². The molecule has 0 saturated carbocycles. The van der Waals surface area contributed by atoms with Crippen LogP contribution in [0.1, 0.15) is 45.6 Å². The van der Waals surface area contributed by atoms with Crippen molar-refractivity contribution < 1.29 is 4.55 Å². The predicted molar refractivity (Wildman–Crippen MR) is 119 cm³/mol. The fourth-order valence-corrected chi connectivity index (χ4v) is 4.55. The van der Waals surface area contributed by atoms with E-state index in [-0.39, 0.29) is 0 Å². The van der Waals surface area contributed by atoms with Crippen molar-refractivity contribution in [2.75, 3.05) is 25.9 Å². The van der Waals surface area contributed by atoms with Gasteiger partial charge >= 0.3 is 0 Å². The highest BCUT2D eigenvalue weighted by molar-refractivity contribution is 7.90. The molecule has 28 heavy (non-hydrogen) atoms. The molecular weight excluding hydrogens is 364 g/mol. The third kappa shape index (κ3) is 6.33. The second kappa shape index (κ2) is 9.43. The molecule has 3 nitrogen and oxygen atoms in total. The normalized spacial score (nSPS) is 17.6. The Kier molecular flexibility index (Phi) is 7.19. The monoisotopic (exact) mass is 398 g/mol. The van der Waals surface area contributed by atoms with E-state index in [1.54, 1.807) is 6.26 Å². The second-order valence-corrected chi connectivity index (χ2v) is 10.7. The van der Waals surface area contributed by atoms with E-state index >= 15 is 0 Å². The molecule has 0 N–H and O–H groups in total. The number of likely N-dealkylation sites (tertiary alicyclic amines) is 1. The van der Waals surface area contributed by atoms with Crippen LogP contribution in [0.15, 0.2) is 47.5 Å². The molecule has 0 aliphatic carbocycles. The summed E-state index contributed by atoms with van der Waals surface area (Å²) in [5.41, 5.74) is 3.78. The fourth-order valence-electron chi connectivity index (χ4n) is 4.04. The Morgan fingerprint density at radius 1 is 1.07 bits per heavy atom. The standard InChI is InChI=1S/C24H34N2OS/c1-24(2,3)18-26-15-13-19(14-16-26)5-6-20-7-12-23(25-17-20)21-8-10-22(11-9-21)28(4)27/h7-12,17,19H,5-6,13-16,18H2,1-4H3. The van der Waals surface area contributed by atoms with Crippen LogP contribution >= 0.6 is 0 Å². The number of aromatic nitrogens is 1. The zero-order chi connectivity index (χ0) is 20.1. The van der Waals surface area contributed by atoms with E-state index in [1.165, 1.54) is 44.5 Å². The highest BCUT2D eigenvalue weighted by Crippen LogP contribution is 2.26. The lowest BCUT2D eigenvalue weighted by molar-refractivity contribution is 0.133. The molecule has 1 aliphatic heterocycles. The van der Waals surface area contributed by atoms with E-state index in [0.717, 1.165) is 28.5 Å². The van der Waals surface area contributed by atoms with Gasteiger partial charge in [-0.3, -0.25) is 4.98 Å². The third-order valence-corrected chi connectivity index (χ3v) is 6.49. The van der Waals surface area contributed by atoms with Gasteiger partial charge in [-0.15, -0.1) is 0 Å². The van der Waals surface area contributed by atoms with Crippen LogP contribution in [-0.2, 0) is 17.6 Å². The van der Waals surface area contributed by atoms with Crippen LogP contribution in [-0.4, -0.2) is 40.3 Å². The number of hydrogen-bond donors (Lipinski definition) is 0. The van der Waals surface area contributed by atoms with Crippen LogP contribution in [0.2, 0.25) is 0 Å². The quantitative estimate of drug-likeness (QED) is 0.630.